The average Bonchev–Trinajstić information content (AvgIpc) is 2.66. The molecule has 0 spiro atoms. The van der Waals surface area contributed by atoms with E-state index in [9.17, 15) is 4.79 Å². The molecule has 0 unspecified atom stereocenters. The molecule has 0 aliphatic carbocycles. The molecule has 2 amide bonds. The van der Waals surface area contributed by atoms with Crippen molar-refractivity contribution in [3.8, 4) is 5.75 Å². The monoisotopic (exact) mass is 342 g/mol. The second kappa shape index (κ2) is 11.1. The standard InChI is InChI=1S/C20H26N2O3/c1-24-19-11-6-5-10-18(19)16-22-20(23)21-13-7-14-25-15-12-17-8-3-2-4-9-17/h2-6,8-11H,7,12-16H2,1H3,(H2,21,22,23). The molecule has 2 rings (SSSR count). The maximum atomic E-state index is 11.8. The van der Waals surface area contributed by atoms with Gasteiger partial charge in [0.15, 0.2) is 0 Å². The zero-order chi connectivity index (χ0) is 17.7. The highest BCUT2D eigenvalue weighted by Crippen LogP contribution is 2.16. The third kappa shape index (κ3) is 7.27. The Bertz CT molecular complexity index is 632. The van der Waals surface area contributed by atoms with Crippen LogP contribution in [0.3, 0.4) is 0 Å². The number of benzene rings is 2. The minimum absolute atomic E-state index is 0.185. The Labute approximate surface area is 149 Å². The van der Waals surface area contributed by atoms with E-state index in [0.29, 0.717) is 26.3 Å². The fraction of sp³-hybridized carbons (Fsp3) is 0.350. The molecule has 0 aromatic heterocycles. The van der Waals surface area contributed by atoms with Crippen LogP contribution in [0.4, 0.5) is 4.79 Å². The van der Waals surface area contributed by atoms with E-state index in [1.54, 1.807) is 7.11 Å². The van der Waals surface area contributed by atoms with Crippen LogP contribution >= 0.6 is 0 Å². The van der Waals surface area contributed by atoms with Crippen molar-refractivity contribution in [2.45, 2.75) is 19.4 Å². The highest BCUT2D eigenvalue weighted by atomic mass is 16.5. The minimum atomic E-state index is -0.185. The van der Waals surface area contributed by atoms with E-state index >= 15 is 0 Å². The molecule has 0 aliphatic rings. The summed E-state index contributed by atoms with van der Waals surface area (Å²) < 4.78 is 10.8. The molecule has 0 saturated heterocycles. The number of urea groups is 1. The summed E-state index contributed by atoms with van der Waals surface area (Å²) >= 11 is 0. The maximum Gasteiger partial charge on any atom is 0.315 e. The lowest BCUT2D eigenvalue weighted by molar-refractivity contribution is 0.135. The molecule has 0 heterocycles. The number of nitrogens with one attached hydrogen (secondary N) is 2. The second-order valence-electron chi connectivity index (χ2n) is 5.62. The highest BCUT2D eigenvalue weighted by Gasteiger charge is 2.04. The quantitative estimate of drug-likeness (QED) is 0.652. The van der Waals surface area contributed by atoms with Gasteiger partial charge in [0, 0.05) is 25.3 Å². The predicted octanol–water partition coefficient (Wildman–Crippen LogP) is 3.14. The predicted molar refractivity (Wildman–Crippen MR) is 98.8 cm³/mol. The lowest BCUT2D eigenvalue weighted by Crippen LogP contribution is -2.36. The summed E-state index contributed by atoms with van der Waals surface area (Å²) in [7, 11) is 1.62. The lowest BCUT2D eigenvalue weighted by atomic mass is 10.2. The van der Waals surface area contributed by atoms with Gasteiger partial charge in [0.25, 0.3) is 0 Å². The second-order valence-corrected chi connectivity index (χ2v) is 5.62. The van der Waals surface area contributed by atoms with Crippen LogP contribution in [0.5, 0.6) is 5.75 Å². The van der Waals surface area contributed by atoms with Crippen LogP contribution < -0.4 is 15.4 Å². The molecule has 5 heteroatoms. The van der Waals surface area contributed by atoms with Gasteiger partial charge in [-0.05, 0) is 24.5 Å². The minimum Gasteiger partial charge on any atom is -0.496 e. The smallest absolute Gasteiger partial charge is 0.315 e. The first-order valence-electron chi connectivity index (χ1n) is 8.55. The van der Waals surface area contributed by atoms with Gasteiger partial charge < -0.3 is 20.1 Å². The van der Waals surface area contributed by atoms with Crippen molar-refractivity contribution in [2.75, 3.05) is 26.9 Å². The summed E-state index contributed by atoms with van der Waals surface area (Å²) in [5.41, 5.74) is 2.22. The number of carbonyl (C=O) groups is 1. The zero-order valence-electron chi connectivity index (χ0n) is 14.7. The number of ether oxygens (including phenoxy) is 2. The number of hydrogen-bond donors (Lipinski definition) is 2. The molecule has 2 aromatic carbocycles. The Kier molecular flexibility index (Phi) is 8.35. The van der Waals surface area contributed by atoms with Gasteiger partial charge in [0.1, 0.15) is 5.75 Å². The average molecular weight is 342 g/mol. The van der Waals surface area contributed by atoms with Crippen LogP contribution in [0.25, 0.3) is 0 Å². The fourth-order valence-corrected chi connectivity index (χ4v) is 2.40. The third-order valence-corrected chi connectivity index (χ3v) is 3.76. The zero-order valence-corrected chi connectivity index (χ0v) is 14.7. The summed E-state index contributed by atoms with van der Waals surface area (Å²) in [5.74, 6) is 0.773. The Morgan fingerprint density at radius 1 is 0.960 bits per heavy atom. The van der Waals surface area contributed by atoms with Crippen LogP contribution in [0, 0.1) is 0 Å². The Morgan fingerprint density at radius 3 is 2.52 bits per heavy atom. The molecule has 0 saturated carbocycles. The molecule has 0 atom stereocenters. The van der Waals surface area contributed by atoms with Crippen molar-refractivity contribution in [3.63, 3.8) is 0 Å². The fourth-order valence-electron chi connectivity index (χ4n) is 2.40. The van der Waals surface area contributed by atoms with E-state index in [0.717, 1.165) is 24.2 Å². The maximum absolute atomic E-state index is 11.8. The van der Waals surface area contributed by atoms with Gasteiger partial charge in [-0.3, -0.25) is 0 Å². The third-order valence-electron chi connectivity index (χ3n) is 3.76. The van der Waals surface area contributed by atoms with Gasteiger partial charge in [-0.15, -0.1) is 0 Å². The van der Waals surface area contributed by atoms with Crippen molar-refractivity contribution in [3.05, 3.63) is 65.7 Å². The Morgan fingerprint density at radius 2 is 1.72 bits per heavy atom. The molecule has 0 fully saturated rings. The molecule has 5 nitrogen and oxygen atoms in total. The van der Waals surface area contributed by atoms with Crippen LogP contribution in [-0.2, 0) is 17.7 Å². The first kappa shape index (κ1) is 18.8. The molecular weight excluding hydrogens is 316 g/mol. The van der Waals surface area contributed by atoms with E-state index in [1.807, 2.05) is 42.5 Å². The van der Waals surface area contributed by atoms with Crippen molar-refractivity contribution < 1.29 is 14.3 Å². The summed E-state index contributed by atoms with van der Waals surface area (Å²) in [4.78, 5) is 11.8. The van der Waals surface area contributed by atoms with Crippen molar-refractivity contribution in [1.29, 1.82) is 0 Å². The molecule has 0 bridgehead atoms. The summed E-state index contributed by atoms with van der Waals surface area (Å²) in [5, 5.41) is 5.65. The molecule has 2 aromatic rings. The van der Waals surface area contributed by atoms with Gasteiger partial charge in [0.2, 0.25) is 0 Å². The summed E-state index contributed by atoms with van der Waals surface area (Å²) in [6.07, 6.45) is 1.70. The molecule has 2 N–H and O–H groups in total. The van der Waals surface area contributed by atoms with Crippen LogP contribution in [0.1, 0.15) is 17.5 Å². The van der Waals surface area contributed by atoms with E-state index in [2.05, 4.69) is 22.8 Å². The van der Waals surface area contributed by atoms with Crippen molar-refractivity contribution in [2.24, 2.45) is 0 Å². The van der Waals surface area contributed by atoms with Gasteiger partial charge in [-0.2, -0.15) is 0 Å². The van der Waals surface area contributed by atoms with E-state index in [-0.39, 0.29) is 6.03 Å². The highest BCUT2D eigenvalue weighted by molar-refractivity contribution is 5.73. The molecule has 134 valence electrons. The van der Waals surface area contributed by atoms with E-state index in [1.165, 1.54) is 5.56 Å². The molecule has 0 aliphatic heterocycles. The van der Waals surface area contributed by atoms with Crippen LogP contribution in [0.15, 0.2) is 54.6 Å². The van der Waals surface area contributed by atoms with Crippen LogP contribution in [-0.4, -0.2) is 32.9 Å². The number of para-hydroxylation sites is 1. The summed E-state index contributed by atoms with van der Waals surface area (Å²) in [6, 6.07) is 17.7. The lowest BCUT2D eigenvalue weighted by Gasteiger charge is -2.10. The van der Waals surface area contributed by atoms with Crippen molar-refractivity contribution >= 4 is 6.03 Å². The number of methoxy groups -OCH3 is 1. The first-order chi connectivity index (χ1) is 12.3. The van der Waals surface area contributed by atoms with Gasteiger partial charge >= 0.3 is 6.03 Å². The van der Waals surface area contributed by atoms with Gasteiger partial charge in [-0.1, -0.05) is 48.5 Å². The van der Waals surface area contributed by atoms with E-state index in [4.69, 9.17) is 9.47 Å². The molecular formula is C20H26N2O3. The normalized spacial score (nSPS) is 10.3. The number of amides is 2. The Hall–Kier alpha value is -2.53. The summed E-state index contributed by atoms with van der Waals surface area (Å²) in [6.45, 7) is 2.36. The number of rotatable bonds is 10. The van der Waals surface area contributed by atoms with Crippen molar-refractivity contribution in [1.82, 2.24) is 10.6 Å². The van der Waals surface area contributed by atoms with Gasteiger partial charge in [-0.25, -0.2) is 4.79 Å². The number of hydrogen-bond acceptors (Lipinski definition) is 3. The SMILES string of the molecule is COc1ccccc1CNC(=O)NCCCOCCc1ccccc1. The first-order valence-corrected chi connectivity index (χ1v) is 8.55. The molecule has 0 radical (unpaired) electrons. The molecule has 25 heavy (non-hydrogen) atoms. The largest absolute Gasteiger partial charge is 0.496 e. The number of carbonyl (C=O) groups excluding carboxylic acids is 1. The van der Waals surface area contributed by atoms with Crippen LogP contribution in [0.2, 0.25) is 0 Å². The van der Waals surface area contributed by atoms with E-state index < -0.39 is 0 Å². The van der Waals surface area contributed by atoms with Gasteiger partial charge in [0.05, 0.1) is 13.7 Å². The topological polar surface area (TPSA) is 59.6 Å². The Balaban J connectivity index is 1.51.